The van der Waals surface area contributed by atoms with Gasteiger partial charge in [-0.2, -0.15) is 11.8 Å². The third kappa shape index (κ3) is 2.73. The fourth-order valence-corrected chi connectivity index (χ4v) is 5.38. The summed E-state index contributed by atoms with van der Waals surface area (Å²) in [5.41, 5.74) is 1.90. The van der Waals surface area contributed by atoms with Crippen molar-refractivity contribution in [1.82, 2.24) is 0 Å². The molecular formula is C17H22O2S. The van der Waals surface area contributed by atoms with Crippen LogP contribution in [0, 0.1) is 12.8 Å². The number of fused-ring (bicyclic) bond motifs is 2. The highest BCUT2D eigenvalue weighted by Crippen LogP contribution is 2.44. The van der Waals surface area contributed by atoms with Crippen LogP contribution in [0.3, 0.4) is 0 Å². The minimum atomic E-state index is 0.236. The van der Waals surface area contributed by atoms with E-state index in [-0.39, 0.29) is 5.92 Å². The molecule has 0 spiro atoms. The van der Waals surface area contributed by atoms with Crippen LogP contribution in [0.25, 0.3) is 0 Å². The van der Waals surface area contributed by atoms with Gasteiger partial charge in [0.05, 0.1) is 7.11 Å². The van der Waals surface area contributed by atoms with E-state index in [2.05, 4.69) is 11.8 Å². The summed E-state index contributed by atoms with van der Waals surface area (Å²) in [6.45, 7) is 2.00. The van der Waals surface area contributed by atoms with Crippen LogP contribution in [-0.4, -0.2) is 23.4 Å². The molecule has 0 radical (unpaired) electrons. The lowest BCUT2D eigenvalue weighted by Crippen LogP contribution is -2.32. The van der Waals surface area contributed by atoms with Crippen LogP contribution in [0.2, 0.25) is 0 Å². The van der Waals surface area contributed by atoms with E-state index in [0.29, 0.717) is 5.78 Å². The molecule has 2 unspecified atom stereocenters. The van der Waals surface area contributed by atoms with E-state index in [1.54, 1.807) is 7.11 Å². The second kappa shape index (κ2) is 5.80. The summed E-state index contributed by atoms with van der Waals surface area (Å²) in [7, 11) is 1.67. The third-order valence-electron chi connectivity index (χ3n) is 4.58. The molecule has 2 bridgehead atoms. The Labute approximate surface area is 125 Å². The van der Waals surface area contributed by atoms with Crippen molar-refractivity contribution in [1.29, 1.82) is 0 Å². The number of ketones is 1. The van der Waals surface area contributed by atoms with Gasteiger partial charge in [-0.05, 0) is 56.4 Å². The van der Waals surface area contributed by atoms with Crippen molar-refractivity contribution in [2.24, 2.45) is 5.92 Å². The Morgan fingerprint density at radius 3 is 2.55 bits per heavy atom. The summed E-state index contributed by atoms with van der Waals surface area (Å²) >= 11 is 2.13. The van der Waals surface area contributed by atoms with Crippen LogP contribution < -0.4 is 4.74 Å². The summed E-state index contributed by atoms with van der Waals surface area (Å²) in [6.07, 6.45) is 6.10. The lowest BCUT2D eigenvalue weighted by molar-refractivity contribution is 0.0896. The molecule has 1 aromatic rings. The zero-order valence-electron chi connectivity index (χ0n) is 12.2. The van der Waals surface area contributed by atoms with E-state index >= 15 is 0 Å². The Kier molecular flexibility index (Phi) is 4.06. The molecule has 3 heteroatoms. The molecule has 2 heterocycles. The van der Waals surface area contributed by atoms with Crippen molar-refractivity contribution in [3.05, 3.63) is 29.3 Å². The minimum Gasteiger partial charge on any atom is -0.496 e. The number of benzene rings is 1. The Bertz CT molecular complexity index is 500. The van der Waals surface area contributed by atoms with Crippen molar-refractivity contribution in [3.8, 4) is 5.75 Å². The first-order chi connectivity index (χ1) is 9.67. The number of hydrogen-bond acceptors (Lipinski definition) is 3. The topological polar surface area (TPSA) is 26.3 Å². The molecule has 2 nitrogen and oxygen atoms in total. The number of ether oxygens (including phenoxy) is 1. The highest BCUT2D eigenvalue weighted by Gasteiger charge is 2.35. The van der Waals surface area contributed by atoms with Crippen LogP contribution in [-0.2, 0) is 0 Å². The third-order valence-corrected chi connectivity index (χ3v) is 6.21. The molecule has 0 aliphatic carbocycles. The van der Waals surface area contributed by atoms with Gasteiger partial charge >= 0.3 is 0 Å². The normalized spacial score (nSPS) is 29.0. The zero-order valence-corrected chi connectivity index (χ0v) is 13.0. The van der Waals surface area contributed by atoms with Crippen LogP contribution >= 0.6 is 11.8 Å². The molecule has 0 N–H and O–H groups in total. The first-order valence-corrected chi connectivity index (χ1v) is 8.46. The predicted octanol–water partition coefficient (Wildman–Crippen LogP) is 4.25. The van der Waals surface area contributed by atoms with Gasteiger partial charge in [-0.15, -0.1) is 0 Å². The second-order valence-corrected chi connectivity index (χ2v) is 7.63. The van der Waals surface area contributed by atoms with Gasteiger partial charge in [0.1, 0.15) is 5.75 Å². The number of rotatable bonds is 3. The van der Waals surface area contributed by atoms with E-state index in [0.717, 1.165) is 40.2 Å². The molecule has 2 fully saturated rings. The number of hydrogen-bond donors (Lipinski definition) is 0. The quantitative estimate of drug-likeness (QED) is 0.778. The molecule has 2 aliphatic heterocycles. The van der Waals surface area contributed by atoms with Crippen LogP contribution in [0.4, 0.5) is 0 Å². The van der Waals surface area contributed by atoms with Gasteiger partial charge in [-0.3, -0.25) is 4.79 Å². The van der Waals surface area contributed by atoms with Crippen molar-refractivity contribution in [2.75, 3.05) is 7.11 Å². The van der Waals surface area contributed by atoms with E-state index < -0.39 is 0 Å². The van der Waals surface area contributed by atoms with E-state index in [1.165, 1.54) is 19.3 Å². The molecular weight excluding hydrogens is 268 g/mol. The number of thioether (sulfide) groups is 1. The standard InChI is InChI=1S/C17H22O2S/c1-11-8-12(6-7-16(11)19-2)17(18)13-9-14-4-3-5-15(10-13)20-14/h6-8,13-15H,3-5,9-10H2,1-2H3. The van der Waals surface area contributed by atoms with E-state index in [1.807, 2.05) is 25.1 Å². The highest BCUT2D eigenvalue weighted by molar-refractivity contribution is 8.00. The summed E-state index contributed by atoms with van der Waals surface area (Å²) in [5.74, 6) is 1.44. The van der Waals surface area contributed by atoms with Gasteiger partial charge in [0.25, 0.3) is 0 Å². The zero-order chi connectivity index (χ0) is 14.1. The molecule has 108 valence electrons. The molecule has 20 heavy (non-hydrogen) atoms. The summed E-state index contributed by atoms with van der Waals surface area (Å²) in [4.78, 5) is 12.7. The first-order valence-electron chi connectivity index (χ1n) is 7.51. The number of aryl methyl sites for hydroxylation is 1. The van der Waals surface area contributed by atoms with Gasteiger partial charge in [-0.1, -0.05) is 6.42 Å². The Balaban J connectivity index is 1.77. The summed E-state index contributed by atoms with van der Waals surface area (Å²) < 4.78 is 5.27. The average Bonchev–Trinajstić information content (AvgIpc) is 2.46. The minimum absolute atomic E-state index is 0.236. The average molecular weight is 290 g/mol. The molecule has 0 amide bonds. The number of carbonyl (C=O) groups excluding carboxylic acids is 1. The Morgan fingerprint density at radius 1 is 1.25 bits per heavy atom. The maximum absolute atomic E-state index is 12.7. The van der Waals surface area contributed by atoms with Crippen molar-refractivity contribution in [3.63, 3.8) is 0 Å². The molecule has 2 saturated heterocycles. The molecule has 0 aromatic heterocycles. The lowest BCUT2D eigenvalue weighted by Gasteiger charge is -2.38. The van der Waals surface area contributed by atoms with E-state index in [4.69, 9.17) is 4.74 Å². The maximum atomic E-state index is 12.7. The first kappa shape index (κ1) is 14.0. The molecule has 1 aromatic carbocycles. The van der Waals surface area contributed by atoms with Crippen LogP contribution in [0.15, 0.2) is 18.2 Å². The SMILES string of the molecule is COc1ccc(C(=O)C2CC3CCCC(C2)S3)cc1C. The monoisotopic (exact) mass is 290 g/mol. The van der Waals surface area contributed by atoms with Crippen LogP contribution in [0.1, 0.15) is 48.0 Å². The number of Topliss-reactive ketones (excluding diaryl/α,β-unsaturated/α-hetero) is 1. The van der Waals surface area contributed by atoms with Crippen molar-refractivity contribution < 1.29 is 9.53 Å². The van der Waals surface area contributed by atoms with Crippen molar-refractivity contribution >= 4 is 17.5 Å². The van der Waals surface area contributed by atoms with E-state index in [9.17, 15) is 4.79 Å². The fourth-order valence-electron chi connectivity index (χ4n) is 3.54. The Morgan fingerprint density at radius 2 is 1.95 bits per heavy atom. The summed E-state index contributed by atoms with van der Waals surface area (Å²) in [6, 6.07) is 5.82. The van der Waals surface area contributed by atoms with Gasteiger partial charge in [0.2, 0.25) is 0 Å². The molecule has 0 saturated carbocycles. The van der Waals surface area contributed by atoms with Gasteiger partial charge in [0, 0.05) is 22.0 Å². The second-order valence-electron chi connectivity index (χ2n) is 6.03. The number of carbonyl (C=O) groups is 1. The van der Waals surface area contributed by atoms with Crippen molar-refractivity contribution in [2.45, 2.75) is 49.5 Å². The van der Waals surface area contributed by atoms with Gasteiger partial charge < -0.3 is 4.74 Å². The fraction of sp³-hybridized carbons (Fsp3) is 0.588. The highest BCUT2D eigenvalue weighted by atomic mass is 32.2. The number of methoxy groups -OCH3 is 1. The molecule has 3 rings (SSSR count). The smallest absolute Gasteiger partial charge is 0.166 e. The maximum Gasteiger partial charge on any atom is 0.166 e. The predicted molar refractivity (Wildman–Crippen MR) is 83.8 cm³/mol. The largest absolute Gasteiger partial charge is 0.496 e. The van der Waals surface area contributed by atoms with Crippen LogP contribution in [0.5, 0.6) is 5.75 Å². The summed E-state index contributed by atoms with van der Waals surface area (Å²) in [5, 5.41) is 1.44. The van der Waals surface area contributed by atoms with Gasteiger partial charge in [0.15, 0.2) is 5.78 Å². The molecule has 2 aliphatic rings. The van der Waals surface area contributed by atoms with Gasteiger partial charge in [-0.25, -0.2) is 0 Å². The Hall–Kier alpha value is -0.960. The lowest BCUT2D eigenvalue weighted by atomic mass is 9.84. The molecule has 2 atom stereocenters.